The van der Waals surface area contributed by atoms with Crippen LogP contribution >= 0.6 is 12.4 Å². The number of nitrogens with one attached hydrogen (secondary N) is 1. The number of rotatable bonds is 3. The van der Waals surface area contributed by atoms with E-state index in [2.05, 4.69) is 15.2 Å². The van der Waals surface area contributed by atoms with E-state index in [9.17, 15) is 9.90 Å². The quantitative estimate of drug-likeness (QED) is 0.886. The number of carboxylic acid groups (broad SMARTS) is 1. The molecule has 2 aliphatic rings. The third kappa shape index (κ3) is 3.13. The van der Waals surface area contributed by atoms with Gasteiger partial charge in [-0.15, -0.1) is 12.4 Å². The standard InChI is InChI=1S/C13H18N4O2.ClH/c18-13(19)17(10-1-2-10)12-4-3-11(9-15-12)16-7-5-14-6-8-16;/h3-4,9-10,14H,1-2,5-8H2,(H,18,19);1H. The number of hydrogen-bond donors (Lipinski definition) is 2. The van der Waals surface area contributed by atoms with Crippen molar-refractivity contribution in [1.82, 2.24) is 10.3 Å². The molecule has 110 valence electrons. The molecule has 1 aromatic rings. The van der Waals surface area contributed by atoms with Gasteiger partial charge in [0.05, 0.1) is 11.9 Å². The molecule has 1 saturated carbocycles. The van der Waals surface area contributed by atoms with Crippen molar-refractivity contribution < 1.29 is 9.90 Å². The van der Waals surface area contributed by atoms with E-state index in [4.69, 9.17) is 0 Å². The largest absolute Gasteiger partial charge is 0.465 e. The SMILES string of the molecule is Cl.O=C(O)N(c1ccc(N2CCNCC2)cn1)C1CC1. The van der Waals surface area contributed by atoms with Crippen LogP contribution in [0.2, 0.25) is 0 Å². The Bertz CT molecular complexity index is 458. The van der Waals surface area contributed by atoms with Gasteiger partial charge in [0, 0.05) is 32.2 Å². The fourth-order valence-corrected chi connectivity index (χ4v) is 2.40. The van der Waals surface area contributed by atoms with Crippen molar-refractivity contribution in [1.29, 1.82) is 0 Å². The van der Waals surface area contributed by atoms with Crippen molar-refractivity contribution in [3.8, 4) is 0 Å². The number of halogens is 1. The Hall–Kier alpha value is -1.53. The lowest BCUT2D eigenvalue weighted by molar-refractivity contribution is 0.201. The van der Waals surface area contributed by atoms with Gasteiger partial charge in [-0.2, -0.15) is 0 Å². The molecule has 0 bridgehead atoms. The first-order valence-corrected chi connectivity index (χ1v) is 6.69. The number of carbonyl (C=O) groups is 1. The molecular formula is C13H19ClN4O2. The summed E-state index contributed by atoms with van der Waals surface area (Å²) in [6.45, 7) is 3.88. The Morgan fingerprint density at radius 1 is 1.35 bits per heavy atom. The van der Waals surface area contributed by atoms with Crippen molar-refractivity contribution in [2.45, 2.75) is 18.9 Å². The molecule has 1 saturated heterocycles. The molecule has 1 amide bonds. The summed E-state index contributed by atoms with van der Waals surface area (Å²) >= 11 is 0. The Labute approximate surface area is 124 Å². The van der Waals surface area contributed by atoms with Crippen LogP contribution in [0.3, 0.4) is 0 Å². The summed E-state index contributed by atoms with van der Waals surface area (Å²) in [5.41, 5.74) is 1.06. The minimum atomic E-state index is -0.912. The van der Waals surface area contributed by atoms with E-state index in [0.29, 0.717) is 5.82 Å². The Balaban J connectivity index is 0.00000147. The highest BCUT2D eigenvalue weighted by Gasteiger charge is 2.34. The highest BCUT2D eigenvalue weighted by Crippen LogP contribution is 2.31. The minimum absolute atomic E-state index is 0. The van der Waals surface area contributed by atoms with Crippen LogP contribution < -0.4 is 15.1 Å². The molecule has 2 fully saturated rings. The molecule has 2 heterocycles. The zero-order valence-corrected chi connectivity index (χ0v) is 12.0. The molecule has 0 atom stereocenters. The maximum Gasteiger partial charge on any atom is 0.413 e. The molecule has 1 aliphatic heterocycles. The second-order valence-electron chi connectivity index (χ2n) is 5.00. The lowest BCUT2D eigenvalue weighted by atomic mass is 10.3. The van der Waals surface area contributed by atoms with Crippen LogP contribution in [0.5, 0.6) is 0 Å². The van der Waals surface area contributed by atoms with Crippen LogP contribution in [0, 0.1) is 0 Å². The third-order valence-corrected chi connectivity index (χ3v) is 3.58. The van der Waals surface area contributed by atoms with Crippen LogP contribution in [-0.2, 0) is 0 Å². The summed E-state index contributed by atoms with van der Waals surface area (Å²) in [7, 11) is 0. The summed E-state index contributed by atoms with van der Waals surface area (Å²) in [4.78, 5) is 19.2. The Morgan fingerprint density at radius 3 is 2.55 bits per heavy atom. The number of hydrogen-bond acceptors (Lipinski definition) is 4. The van der Waals surface area contributed by atoms with E-state index in [1.807, 2.05) is 12.1 Å². The summed E-state index contributed by atoms with van der Waals surface area (Å²) < 4.78 is 0. The topological polar surface area (TPSA) is 68.7 Å². The summed E-state index contributed by atoms with van der Waals surface area (Å²) in [6.07, 6.45) is 2.74. The first-order chi connectivity index (χ1) is 9.25. The normalized spacial score (nSPS) is 18.3. The van der Waals surface area contributed by atoms with Crippen LogP contribution in [-0.4, -0.2) is 48.4 Å². The van der Waals surface area contributed by atoms with E-state index in [1.54, 1.807) is 6.20 Å². The van der Waals surface area contributed by atoms with E-state index in [1.165, 1.54) is 4.90 Å². The van der Waals surface area contributed by atoms with Gasteiger partial charge >= 0.3 is 6.09 Å². The van der Waals surface area contributed by atoms with E-state index in [0.717, 1.165) is 44.7 Å². The van der Waals surface area contributed by atoms with Gasteiger partial charge < -0.3 is 15.3 Å². The zero-order chi connectivity index (χ0) is 13.2. The second kappa shape index (κ2) is 6.28. The van der Waals surface area contributed by atoms with Gasteiger partial charge in [-0.05, 0) is 25.0 Å². The van der Waals surface area contributed by atoms with Crippen molar-refractivity contribution in [2.75, 3.05) is 36.0 Å². The minimum Gasteiger partial charge on any atom is -0.465 e. The molecule has 2 N–H and O–H groups in total. The van der Waals surface area contributed by atoms with Gasteiger partial charge in [0.1, 0.15) is 5.82 Å². The summed E-state index contributed by atoms with van der Waals surface area (Å²) in [5, 5.41) is 12.5. The molecular weight excluding hydrogens is 280 g/mol. The van der Waals surface area contributed by atoms with E-state index in [-0.39, 0.29) is 18.4 Å². The maximum atomic E-state index is 11.2. The van der Waals surface area contributed by atoms with Crippen molar-refractivity contribution in [3.05, 3.63) is 18.3 Å². The molecule has 7 heteroatoms. The van der Waals surface area contributed by atoms with Crippen LogP contribution in [0.4, 0.5) is 16.3 Å². The van der Waals surface area contributed by atoms with Gasteiger partial charge in [0.25, 0.3) is 0 Å². The number of nitrogens with zero attached hydrogens (tertiary/aromatic N) is 3. The van der Waals surface area contributed by atoms with Crippen LogP contribution in [0.25, 0.3) is 0 Å². The number of amides is 1. The first kappa shape index (κ1) is 14.9. The highest BCUT2D eigenvalue weighted by molar-refractivity contribution is 5.86. The van der Waals surface area contributed by atoms with E-state index < -0.39 is 6.09 Å². The number of pyridine rings is 1. The van der Waals surface area contributed by atoms with Gasteiger partial charge in [0.2, 0.25) is 0 Å². The average Bonchev–Trinajstić information content (AvgIpc) is 3.25. The molecule has 0 radical (unpaired) electrons. The molecule has 20 heavy (non-hydrogen) atoms. The smallest absolute Gasteiger partial charge is 0.413 e. The van der Waals surface area contributed by atoms with Gasteiger partial charge in [-0.3, -0.25) is 4.90 Å². The van der Waals surface area contributed by atoms with Crippen molar-refractivity contribution in [3.63, 3.8) is 0 Å². The highest BCUT2D eigenvalue weighted by atomic mass is 35.5. The molecule has 3 rings (SSSR count). The number of anilines is 2. The number of piperazine rings is 1. The second-order valence-corrected chi connectivity index (χ2v) is 5.00. The monoisotopic (exact) mass is 298 g/mol. The fourth-order valence-electron chi connectivity index (χ4n) is 2.40. The van der Waals surface area contributed by atoms with Crippen molar-refractivity contribution >= 4 is 30.0 Å². The molecule has 0 spiro atoms. The predicted molar refractivity (Wildman–Crippen MR) is 80.1 cm³/mol. The molecule has 1 aromatic heterocycles. The number of aromatic nitrogens is 1. The van der Waals surface area contributed by atoms with Gasteiger partial charge in [-0.25, -0.2) is 9.78 Å². The van der Waals surface area contributed by atoms with Gasteiger partial charge in [-0.1, -0.05) is 0 Å². The lowest BCUT2D eigenvalue weighted by Crippen LogP contribution is -2.43. The maximum absolute atomic E-state index is 11.2. The third-order valence-electron chi connectivity index (χ3n) is 3.58. The van der Waals surface area contributed by atoms with Crippen LogP contribution in [0.1, 0.15) is 12.8 Å². The zero-order valence-electron chi connectivity index (χ0n) is 11.2. The van der Waals surface area contributed by atoms with E-state index >= 15 is 0 Å². The van der Waals surface area contributed by atoms with Crippen LogP contribution in [0.15, 0.2) is 18.3 Å². The summed E-state index contributed by atoms with van der Waals surface area (Å²) in [5.74, 6) is 0.536. The lowest BCUT2D eigenvalue weighted by Gasteiger charge is -2.29. The van der Waals surface area contributed by atoms with Gasteiger partial charge in [0.15, 0.2) is 0 Å². The summed E-state index contributed by atoms with van der Waals surface area (Å²) in [6, 6.07) is 3.89. The fraction of sp³-hybridized carbons (Fsp3) is 0.538. The van der Waals surface area contributed by atoms with Crippen molar-refractivity contribution in [2.24, 2.45) is 0 Å². The Kier molecular flexibility index (Phi) is 4.67. The Morgan fingerprint density at radius 2 is 2.05 bits per heavy atom. The predicted octanol–water partition coefficient (Wildman–Crippen LogP) is 1.56. The molecule has 0 aromatic carbocycles. The molecule has 0 unspecified atom stereocenters. The molecule has 1 aliphatic carbocycles. The average molecular weight is 299 g/mol. The molecule has 6 nitrogen and oxygen atoms in total. The first-order valence-electron chi connectivity index (χ1n) is 6.69.